The summed E-state index contributed by atoms with van der Waals surface area (Å²) in [6.07, 6.45) is 2.79. The zero-order valence-electron chi connectivity index (χ0n) is 10.9. The van der Waals surface area contributed by atoms with E-state index in [1.165, 1.54) is 13.0 Å². The van der Waals surface area contributed by atoms with Gasteiger partial charge in [0.05, 0.1) is 5.60 Å². The Morgan fingerprint density at radius 3 is 2.47 bits per heavy atom. The summed E-state index contributed by atoms with van der Waals surface area (Å²) in [6.45, 7) is 6.32. The van der Waals surface area contributed by atoms with E-state index in [2.05, 4.69) is 11.9 Å². The number of carbonyl (C=O) groups excluding carboxylic acids is 2. The number of hydrogen-bond acceptors (Lipinski definition) is 5. The van der Waals surface area contributed by atoms with Gasteiger partial charge in [0.15, 0.2) is 0 Å². The summed E-state index contributed by atoms with van der Waals surface area (Å²) in [5.41, 5.74) is -0.714. The third kappa shape index (κ3) is 5.39. The van der Waals surface area contributed by atoms with Crippen molar-refractivity contribution in [2.75, 3.05) is 0 Å². The molecule has 0 aliphatic heterocycles. The minimum absolute atomic E-state index is 0.123. The summed E-state index contributed by atoms with van der Waals surface area (Å²) in [7, 11) is -4.16. The Labute approximate surface area is 112 Å². The Hall–Kier alpha value is -1.41. The lowest BCUT2D eigenvalue weighted by molar-refractivity contribution is -0.127. The molecule has 0 aromatic heterocycles. The third-order valence-corrected chi connectivity index (χ3v) is 3.66. The lowest BCUT2D eigenvalue weighted by Gasteiger charge is -2.17. The van der Waals surface area contributed by atoms with Crippen molar-refractivity contribution in [2.24, 2.45) is 0 Å². The Morgan fingerprint density at radius 1 is 1.47 bits per heavy atom. The highest BCUT2D eigenvalue weighted by molar-refractivity contribution is 7.85. The van der Waals surface area contributed by atoms with Gasteiger partial charge in [0, 0.05) is 6.92 Å². The van der Waals surface area contributed by atoms with E-state index in [-0.39, 0.29) is 6.42 Å². The zero-order chi connectivity index (χ0) is 14.7. The first-order valence-corrected chi connectivity index (χ1v) is 7.23. The van der Waals surface area contributed by atoms with E-state index in [4.69, 9.17) is 4.18 Å². The van der Waals surface area contributed by atoms with Crippen molar-refractivity contribution in [3.8, 4) is 0 Å². The monoisotopic (exact) mass is 290 g/mol. The first-order chi connectivity index (χ1) is 8.67. The van der Waals surface area contributed by atoms with Crippen molar-refractivity contribution in [1.29, 1.82) is 0 Å². The summed E-state index contributed by atoms with van der Waals surface area (Å²) in [6, 6.07) is -0.986. The molecule has 0 aromatic carbocycles. The highest BCUT2D eigenvalue weighted by Crippen LogP contribution is 2.39. The summed E-state index contributed by atoms with van der Waals surface area (Å²) in [5, 5.41) is 2.34. The molecule has 19 heavy (non-hydrogen) atoms. The van der Waals surface area contributed by atoms with Crippen LogP contribution >= 0.6 is 0 Å². The number of nitrogens with one attached hydrogen (secondary N) is 2. The lowest BCUT2D eigenvalue weighted by atomic mass is 10.2. The fourth-order valence-corrected chi connectivity index (χ4v) is 2.51. The van der Waals surface area contributed by atoms with Crippen molar-refractivity contribution < 1.29 is 22.2 Å². The van der Waals surface area contributed by atoms with E-state index >= 15 is 0 Å². The molecule has 0 saturated heterocycles. The lowest BCUT2D eigenvalue weighted by Crippen LogP contribution is -2.48. The largest absolute Gasteiger partial charge is 0.362 e. The topological polar surface area (TPSA) is 102 Å². The molecule has 2 N–H and O–H groups in total. The molecular formula is C11H18N2O5S. The number of hydrogen-bond donors (Lipinski definition) is 2. The molecule has 7 nitrogen and oxygen atoms in total. The van der Waals surface area contributed by atoms with E-state index < -0.39 is 33.8 Å². The standard InChI is InChI=1S/C11H18N2O5S/c1-4-5-9(12-8(2)14)10(15)13-19(16,17)18-11(3)6-7-11/h4,9H,1,5-7H2,2-3H3,(H,12,14)(H,13,15). The van der Waals surface area contributed by atoms with Gasteiger partial charge in [0.2, 0.25) is 5.91 Å². The van der Waals surface area contributed by atoms with Crippen molar-refractivity contribution >= 4 is 22.1 Å². The Morgan fingerprint density at radius 2 is 2.05 bits per heavy atom. The van der Waals surface area contributed by atoms with Gasteiger partial charge in [-0.1, -0.05) is 6.08 Å². The van der Waals surface area contributed by atoms with Crippen LogP contribution in [-0.2, 0) is 24.1 Å². The maximum atomic E-state index is 11.8. The molecule has 0 radical (unpaired) electrons. The van der Waals surface area contributed by atoms with Gasteiger partial charge in [-0.2, -0.15) is 8.42 Å². The molecule has 0 bridgehead atoms. The van der Waals surface area contributed by atoms with Crippen LogP contribution in [0.4, 0.5) is 0 Å². The highest BCUT2D eigenvalue weighted by atomic mass is 32.2. The van der Waals surface area contributed by atoms with Gasteiger partial charge in [-0.25, -0.2) is 8.91 Å². The Balaban J connectivity index is 2.64. The van der Waals surface area contributed by atoms with Crippen LogP contribution in [0.25, 0.3) is 0 Å². The van der Waals surface area contributed by atoms with Crippen LogP contribution in [0.1, 0.15) is 33.1 Å². The quantitative estimate of drug-likeness (QED) is 0.642. The van der Waals surface area contributed by atoms with Gasteiger partial charge in [-0.3, -0.25) is 9.59 Å². The van der Waals surface area contributed by atoms with E-state index in [0.29, 0.717) is 12.8 Å². The van der Waals surface area contributed by atoms with Crippen LogP contribution in [0, 0.1) is 0 Å². The fraction of sp³-hybridized carbons (Fsp3) is 0.636. The molecule has 1 unspecified atom stereocenters. The van der Waals surface area contributed by atoms with Gasteiger partial charge >= 0.3 is 10.3 Å². The maximum Gasteiger partial charge on any atom is 0.362 e. The van der Waals surface area contributed by atoms with Gasteiger partial charge in [0.1, 0.15) is 6.04 Å². The molecule has 8 heteroatoms. The average Bonchev–Trinajstić information content (AvgIpc) is 2.92. The van der Waals surface area contributed by atoms with Crippen LogP contribution in [0.3, 0.4) is 0 Å². The maximum absolute atomic E-state index is 11.8. The van der Waals surface area contributed by atoms with Crippen LogP contribution < -0.4 is 10.0 Å². The van der Waals surface area contributed by atoms with Crippen molar-refractivity contribution in [3.05, 3.63) is 12.7 Å². The minimum atomic E-state index is -4.16. The predicted octanol–water partition coefficient (Wildman–Crippen LogP) is -0.00270. The molecule has 1 atom stereocenters. The number of amides is 2. The van der Waals surface area contributed by atoms with Gasteiger partial charge in [-0.05, 0) is 26.2 Å². The van der Waals surface area contributed by atoms with Crippen molar-refractivity contribution in [3.63, 3.8) is 0 Å². The Bertz CT molecular complexity index is 481. The first kappa shape index (κ1) is 15.6. The average molecular weight is 290 g/mol. The van der Waals surface area contributed by atoms with E-state index in [1.54, 1.807) is 11.6 Å². The second-order valence-corrected chi connectivity index (χ2v) is 6.01. The van der Waals surface area contributed by atoms with Gasteiger partial charge in [-0.15, -0.1) is 6.58 Å². The summed E-state index contributed by atoms with van der Waals surface area (Å²) < 4.78 is 29.8. The molecular weight excluding hydrogens is 272 g/mol. The van der Waals surface area contributed by atoms with E-state index in [0.717, 1.165) is 0 Å². The molecule has 0 spiro atoms. The second-order valence-electron chi connectivity index (χ2n) is 4.73. The highest BCUT2D eigenvalue weighted by Gasteiger charge is 2.43. The molecule has 1 rings (SSSR count). The Kier molecular flexibility index (Phi) is 4.70. The van der Waals surface area contributed by atoms with Crippen LogP contribution in [0.15, 0.2) is 12.7 Å². The SMILES string of the molecule is C=CCC(NC(C)=O)C(=O)NS(=O)(=O)OC1(C)CC1. The molecule has 1 aliphatic carbocycles. The van der Waals surface area contributed by atoms with Gasteiger partial charge < -0.3 is 5.32 Å². The van der Waals surface area contributed by atoms with Gasteiger partial charge in [0.25, 0.3) is 5.91 Å². The van der Waals surface area contributed by atoms with Crippen molar-refractivity contribution in [1.82, 2.24) is 10.0 Å². The third-order valence-electron chi connectivity index (χ3n) is 2.59. The van der Waals surface area contributed by atoms with Crippen LogP contribution in [0.2, 0.25) is 0 Å². The molecule has 1 fully saturated rings. The van der Waals surface area contributed by atoms with Crippen molar-refractivity contribution in [2.45, 2.75) is 44.8 Å². The van der Waals surface area contributed by atoms with Crippen LogP contribution in [0.5, 0.6) is 0 Å². The summed E-state index contributed by atoms with van der Waals surface area (Å²) in [5.74, 6) is -1.28. The smallest absolute Gasteiger partial charge is 0.344 e. The normalized spacial score (nSPS) is 18.2. The first-order valence-electron chi connectivity index (χ1n) is 5.83. The van der Waals surface area contributed by atoms with Crippen LogP contribution in [-0.4, -0.2) is 31.9 Å². The number of rotatable bonds is 7. The molecule has 0 heterocycles. The summed E-state index contributed by atoms with van der Waals surface area (Å²) >= 11 is 0. The molecule has 1 saturated carbocycles. The molecule has 2 amide bonds. The summed E-state index contributed by atoms with van der Waals surface area (Å²) in [4.78, 5) is 22.7. The molecule has 0 aromatic rings. The zero-order valence-corrected chi connectivity index (χ0v) is 11.7. The second kappa shape index (κ2) is 5.70. The predicted molar refractivity (Wildman–Crippen MR) is 68.2 cm³/mol. The molecule has 108 valence electrons. The molecule has 1 aliphatic rings. The van der Waals surface area contributed by atoms with E-state index in [9.17, 15) is 18.0 Å². The van der Waals surface area contributed by atoms with E-state index in [1.807, 2.05) is 0 Å². The minimum Gasteiger partial charge on any atom is -0.344 e. The number of carbonyl (C=O) groups is 2. The fourth-order valence-electron chi connectivity index (χ4n) is 1.38.